The zero-order chi connectivity index (χ0) is 17.7. The van der Waals surface area contributed by atoms with Crippen LogP contribution < -0.4 is 15.4 Å². The van der Waals surface area contributed by atoms with Gasteiger partial charge < -0.3 is 10.5 Å². The van der Waals surface area contributed by atoms with Gasteiger partial charge in [0.1, 0.15) is 5.75 Å². The van der Waals surface area contributed by atoms with Crippen LogP contribution in [0.5, 0.6) is 5.75 Å². The van der Waals surface area contributed by atoms with Crippen LogP contribution in [0.4, 0.5) is 10.8 Å². The molecule has 8 heteroatoms. The molecule has 0 saturated heterocycles. The van der Waals surface area contributed by atoms with Crippen LogP contribution in [0.2, 0.25) is 0 Å². The zero-order valence-electron chi connectivity index (χ0n) is 13.7. The fourth-order valence-corrected chi connectivity index (χ4v) is 3.26. The van der Waals surface area contributed by atoms with E-state index in [-0.39, 0.29) is 0 Å². The van der Waals surface area contributed by atoms with Crippen molar-refractivity contribution in [2.24, 2.45) is 11.7 Å². The van der Waals surface area contributed by atoms with Crippen molar-refractivity contribution < 1.29 is 14.3 Å². The minimum Gasteiger partial charge on any atom is -0.491 e. The molecule has 1 heterocycles. The Balaban J connectivity index is 2.47. The fourth-order valence-electron chi connectivity index (χ4n) is 1.88. The summed E-state index contributed by atoms with van der Waals surface area (Å²) in [6, 6.07) is 7.03. The van der Waals surface area contributed by atoms with Gasteiger partial charge in [-0.3, -0.25) is 9.59 Å². The standard InChI is InChI=1S/C16H19N3O3S2/c1-10(2)9-22-12-7-5-4-6-11(12)19(15(21)14(17)20)16-18-8-13(23-3)24-16/h4-8,10H,9H2,1-3H3,(H2,17,20). The third-order valence-corrected chi connectivity index (χ3v) is 4.99. The lowest BCUT2D eigenvalue weighted by Gasteiger charge is -2.21. The highest BCUT2D eigenvalue weighted by molar-refractivity contribution is 8.00. The number of ether oxygens (including phenoxy) is 1. The predicted molar refractivity (Wildman–Crippen MR) is 97.0 cm³/mol. The number of carbonyl (C=O) groups is 2. The number of primary amides is 1. The number of nitrogens with two attached hydrogens (primary N) is 1. The topological polar surface area (TPSA) is 85.5 Å². The van der Waals surface area contributed by atoms with Crippen LogP contribution in [0.15, 0.2) is 34.7 Å². The van der Waals surface area contributed by atoms with E-state index in [0.29, 0.717) is 29.1 Å². The molecule has 1 aromatic heterocycles. The second-order valence-electron chi connectivity index (χ2n) is 5.34. The second kappa shape index (κ2) is 8.16. The summed E-state index contributed by atoms with van der Waals surface area (Å²) in [6.07, 6.45) is 3.57. The van der Waals surface area contributed by atoms with Gasteiger partial charge in [0.05, 0.1) is 22.7 Å². The summed E-state index contributed by atoms with van der Waals surface area (Å²) in [5.41, 5.74) is 5.67. The highest BCUT2D eigenvalue weighted by Crippen LogP contribution is 2.38. The van der Waals surface area contributed by atoms with Gasteiger partial charge in [0, 0.05) is 0 Å². The number of hydrogen-bond acceptors (Lipinski definition) is 6. The van der Waals surface area contributed by atoms with Crippen LogP contribution in [-0.2, 0) is 9.59 Å². The third-order valence-electron chi connectivity index (χ3n) is 2.96. The van der Waals surface area contributed by atoms with E-state index in [1.807, 2.05) is 20.1 Å². The predicted octanol–water partition coefficient (Wildman–Crippen LogP) is 3.05. The number of thiazole rings is 1. The lowest BCUT2D eigenvalue weighted by molar-refractivity contribution is -0.135. The van der Waals surface area contributed by atoms with Crippen LogP contribution in [0, 0.1) is 5.92 Å². The number of thioether (sulfide) groups is 1. The Labute approximate surface area is 149 Å². The van der Waals surface area contributed by atoms with E-state index in [1.54, 1.807) is 30.5 Å². The van der Waals surface area contributed by atoms with E-state index in [2.05, 4.69) is 4.98 Å². The van der Waals surface area contributed by atoms with E-state index in [4.69, 9.17) is 10.5 Å². The molecule has 2 rings (SSSR count). The largest absolute Gasteiger partial charge is 0.491 e. The molecule has 128 valence electrons. The third kappa shape index (κ3) is 4.27. The quantitative estimate of drug-likeness (QED) is 0.628. The minimum atomic E-state index is -1.05. The molecule has 0 aliphatic heterocycles. The molecule has 2 aromatic rings. The average Bonchev–Trinajstić information content (AvgIpc) is 3.02. The van der Waals surface area contributed by atoms with Crippen molar-refractivity contribution in [3.63, 3.8) is 0 Å². The van der Waals surface area contributed by atoms with Crippen molar-refractivity contribution >= 4 is 45.7 Å². The Bertz CT molecular complexity index is 731. The average molecular weight is 365 g/mol. The van der Waals surface area contributed by atoms with E-state index < -0.39 is 11.8 Å². The van der Waals surface area contributed by atoms with E-state index >= 15 is 0 Å². The highest BCUT2D eigenvalue weighted by atomic mass is 32.2. The summed E-state index contributed by atoms with van der Waals surface area (Å²) in [7, 11) is 0. The molecule has 24 heavy (non-hydrogen) atoms. The smallest absolute Gasteiger partial charge is 0.322 e. The van der Waals surface area contributed by atoms with Crippen LogP contribution in [0.1, 0.15) is 13.8 Å². The molecule has 0 atom stereocenters. The van der Waals surface area contributed by atoms with Gasteiger partial charge in [0.25, 0.3) is 0 Å². The Morgan fingerprint density at radius 2 is 2.08 bits per heavy atom. The monoisotopic (exact) mass is 365 g/mol. The molecule has 0 saturated carbocycles. The van der Waals surface area contributed by atoms with Gasteiger partial charge in [-0.1, -0.05) is 37.3 Å². The van der Waals surface area contributed by atoms with E-state index in [1.165, 1.54) is 28.0 Å². The maximum atomic E-state index is 12.4. The molecule has 1 aromatic carbocycles. The Kier molecular flexibility index (Phi) is 6.22. The molecule has 0 radical (unpaired) electrons. The van der Waals surface area contributed by atoms with Crippen LogP contribution in [0.3, 0.4) is 0 Å². The number of anilines is 2. The number of amides is 2. The molecule has 0 aliphatic carbocycles. The molecule has 0 bridgehead atoms. The van der Waals surface area contributed by atoms with E-state index in [9.17, 15) is 9.59 Å². The normalized spacial score (nSPS) is 10.7. The van der Waals surface area contributed by atoms with Gasteiger partial charge in [0.15, 0.2) is 5.13 Å². The van der Waals surface area contributed by atoms with Gasteiger partial charge in [-0.05, 0) is 24.3 Å². The first-order valence-electron chi connectivity index (χ1n) is 7.29. The Hall–Kier alpha value is -2.06. The maximum Gasteiger partial charge on any atom is 0.322 e. The zero-order valence-corrected chi connectivity index (χ0v) is 15.3. The van der Waals surface area contributed by atoms with Crippen molar-refractivity contribution in [2.75, 3.05) is 17.8 Å². The molecule has 6 nitrogen and oxygen atoms in total. The van der Waals surface area contributed by atoms with Crippen LogP contribution >= 0.6 is 23.1 Å². The second-order valence-corrected chi connectivity index (χ2v) is 7.46. The lowest BCUT2D eigenvalue weighted by atomic mass is 10.2. The minimum absolute atomic E-state index is 0.321. The van der Waals surface area contributed by atoms with Gasteiger partial charge in [-0.25, -0.2) is 9.88 Å². The first kappa shape index (κ1) is 18.3. The summed E-state index contributed by atoms with van der Waals surface area (Å²) in [4.78, 5) is 29.3. The Morgan fingerprint density at radius 3 is 2.67 bits per heavy atom. The molecule has 0 unspecified atom stereocenters. The van der Waals surface area contributed by atoms with E-state index in [0.717, 1.165) is 4.21 Å². The number of para-hydroxylation sites is 2. The van der Waals surface area contributed by atoms with Crippen LogP contribution in [-0.4, -0.2) is 29.7 Å². The first-order valence-corrected chi connectivity index (χ1v) is 9.33. The number of benzene rings is 1. The first-order chi connectivity index (χ1) is 11.4. The van der Waals surface area contributed by atoms with Crippen molar-refractivity contribution in [2.45, 2.75) is 18.1 Å². The van der Waals surface area contributed by atoms with Crippen LogP contribution in [0.25, 0.3) is 0 Å². The summed E-state index contributed by atoms with van der Waals surface area (Å²) < 4.78 is 6.71. The lowest BCUT2D eigenvalue weighted by Crippen LogP contribution is -2.37. The summed E-state index contributed by atoms with van der Waals surface area (Å²) in [5.74, 6) is -1.07. The van der Waals surface area contributed by atoms with Gasteiger partial charge in [-0.15, -0.1) is 11.8 Å². The summed E-state index contributed by atoms with van der Waals surface area (Å²) in [6.45, 7) is 4.55. The van der Waals surface area contributed by atoms with Crippen molar-refractivity contribution in [3.05, 3.63) is 30.5 Å². The van der Waals surface area contributed by atoms with Crippen molar-refractivity contribution in [1.29, 1.82) is 0 Å². The molecule has 2 N–H and O–H groups in total. The summed E-state index contributed by atoms with van der Waals surface area (Å²) in [5, 5.41) is 0.378. The van der Waals surface area contributed by atoms with Gasteiger partial charge in [-0.2, -0.15) is 0 Å². The number of carbonyl (C=O) groups excluding carboxylic acids is 2. The summed E-state index contributed by atoms with van der Waals surface area (Å²) >= 11 is 2.82. The van der Waals surface area contributed by atoms with Gasteiger partial charge in [0.2, 0.25) is 0 Å². The highest BCUT2D eigenvalue weighted by Gasteiger charge is 2.28. The molecule has 0 fully saturated rings. The molecular weight excluding hydrogens is 346 g/mol. The molecule has 0 spiro atoms. The SMILES string of the molecule is CSc1cnc(N(C(=O)C(N)=O)c2ccccc2OCC(C)C)s1. The molecule has 0 aliphatic rings. The maximum absolute atomic E-state index is 12.4. The van der Waals surface area contributed by atoms with Gasteiger partial charge >= 0.3 is 11.8 Å². The fraction of sp³-hybridized carbons (Fsp3) is 0.312. The molecular formula is C16H19N3O3S2. The Morgan fingerprint density at radius 1 is 1.38 bits per heavy atom. The number of rotatable bonds is 6. The number of aromatic nitrogens is 1. The van der Waals surface area contributed by atoms with Crippen molar-refractivity contribution in [3.8, 4) is 5.75 Å². The number of hydrogen-bond donors (Lipinski definition) is 1. The molecule has 2 amide bonds. The van der Waals surface area contributed by atoms with Crippen molar-refractivity contribution in [1.82, 2.24) is 4.98 Å². The number of nitrogens with zero attached hydrogens (tertiary/aromatic N) is 2.